The van der Waals surface area contributed by atoms with Gasteiger partial charge in [-0.1, -0.05) is 18.2 Å². The molecule has 14 nitrogen and oxygen atoms in total. The van der Waals surface area contributed by atoms with Crippen LogP contribution < -0.4 is 15.2 Å². The van der Waals surface area contributed by atoms with Crippen molar-refractivity contribution < 1.29 is 37.3 Å². The summed E-state index contributed by atoms with van der Waals surface area (Å²) in [6.07, 6.45) is 2.69. The molecule has 0 bridgehead atoms. The third-order valence-corrected chi connectivity index (χ3v) is 11.4. The molecule has 5 heterocycles. The van der Waals surface area contributed by atoms with Crippen LogP contribution in [0.15, 0.2) is 47.5 Å². The zero-order valence-corrected chi connectivity index (χ0v) is 28.9. The number of carbonyl (C=O) groups excluding carboxylic acids is 1. The van der Waals surface area contributed by atoms with Crippen molar-refractivity contribution in [1.82, 2.24) is 23.9 Å². The smallest absolute Gasteiger partial charge is 0.310 e. The van der Waals surface area contributed by atoms with Gasteiger partial charge in [-0.05, 0) is 74.6 Å². The van der Waals surface area contributed by atoms with Crippen molar-refractivity contribution in [1.29, 1.82) is 0 Å². The Bertz CT molecular complexity index is 2050. The first-order chi connectivity index (χ1) is 23.1. The van der Waals surface area contributed by atoms with Crippen LogP contribution in [-0.2, 0) is 30.9 Å². The van der Waals surface area contributed by atoms with Gasteiger partial charge in [-0.25, -0.2) is 8.42 Å². The van der Waals surface area contributed by atoms with E-state index in [0.717, 1.165) is 22.3 Å². The highest BCUT2D eigenvalue weighted by Gasteiger charge is 2.46. The second-order valence-electron chi connectivity index (χ2n) is 13.4. The van der Waals surface area contributed by atoms with Crippen molar-refractivity contribution in [2.24, 2.45) is 11.1 Å². The lowest BCUT2D eigenvalue weighted by atomic mass is 9.70. The molecule has 260 valence electrons. The normalized spacial score (nSPS) is 18.0. The lowest BCUT2D eigenvalue weighted by Gasteiger charge is -2.38. The van der Waals surface area contributed by atoms with Crippen LogP contribution >= 0.6 is 0 Å². The predicted octanol–water partition coefficient (Wildman–Crippen LogP) is 3.29. The number of carbonyl (C=O) groups is 2. The van der Waals surface area contributed by atoms with Crippen molar-refractivity contribution in [2.75, 3.05) is 26.4 Å². The van der Waals surface area contributed by atoms with E-state index in [2.05, 4.69) is 15.2 Å². The number of rotatable bonds is 9. The van der Waals surface area contributed by atoms with E-state index in [4.69, 9.17) is 19.9 Å². The van der Waals surface area contributed by atoms with Crippen LogP contribution in [0.2, 0.25) is 0 Å². The zero-order valence-electron chi connectivity index (χ0n) is 28.1. The molecule has 3 aromatic heterocycles. The van der Waals surface area contributed by atoms with Crippen molar-refractivity contribution in [3.63, 3.8) is 0 Å². The van der Waals surface area contributed by atoms with Gasteiger partial charge in [0, 0.05) is 37.6 Å². The standard InChI is InChI=1S/C34H40N6O8S/c1-20-6-7-23(29(33(4,5)32(42)43)25-10-13-40-22(3)37-38-30(40)21(25)2)16-24(20)17-39-19-34(11-14-46-15-12-34)48-31-26(49(39,44)45)8-9-28(36-31)47-18-27(35)41/h6-10,13,16,29H,11-12,14-15,17-19H2,1-5H3,(H2,35,41)(H,42,43)/t29-/m0/s1. The van der Waals surface area contributed by atoms with E-state index in [1.807, 2.05) is 55.6 Å². The molecule has 1 aromatic carbocycles. The highest BCUT2D eigenvalue weighted by molar-refractivity contribution is 7.89. The van der Waals surface area contributed by atoms with Gasteiger partial charge in [-0.2, -0.15) is 9.29 Å². The second kappa shape index (κ2) is 12.7. The summed E-state index contributed by atoms with van der Waals surface area (Å²) < 4.78 is 49.4. The number of hydrogen-bond donors (Lipinski definition) is 2. The Balaban J connectivity index is 1.44. The maximum Gasteiger partial charge on any atom is 0.310 e. The lowest BCUT2D eigenvalue weighted by Crippen LogP contribution is -2.50. The molecule has 1 atom stereocenters. The van der Waals surface area contributed by atoms with Crippen molar-refractivity contribution in [3.05, 3.63) is 76.2 Å². The molecule has 49 heavy (non-hydrogen) atoms. The first-order valence-corrected chi connectivity index (χ1v) is 17.4. The van der Waals surface area contributed by atoms with Gasteiger partial charge in [0.2, 0.25) is 21.8 Å². The summed E-state index contributed by atoms with van der Waals surface area (Å²) >= 11 is 0. The number of nitrogens with zero attached hydrogens (tertiary/aromatic N) is 5. The number of aliphatic carboxylic acids is 1. The van der Waals surface area contributed by atoms with Crippen LogP contribution in [-0.4, -0.2) is 81.3 Å². The molecule has 2 aliphatic rings. The number of carboxylic acids is 1. The van der Waals surface area contributed by atoms with E-state index in [9.17, 15) is 23.1 Å². The summed E-state index contributed by atoms with van der Waals surface area (Å²) in [5, 5.41) is 19.0. The topological polar surface area (TPSA) is 189 Å². The van der Waals surface area contributed by atoms with Crippen molar-refractivity contribution in [3.8, 4) is 11.8 Å². The van der Waals surface area contributed by atoms with E-state index in [1.54, 1.807) is 13.8 Å². The van der Waals surface area contributed by atoms with E-state index in [0.29, 0.717) is 43.1 Å². The van der Waals surface area contributed by atoms with Crippen molar-refractivity contribution in [2.45, 2.75) is 70.4 Å². The number of carboxylic acid groups (broad SMARTS) is 1. The van der Waals surface area contributed by atoms with Gasteiger partial charge in [0.15, 0.2) is 12.3 Å². The van der Waals surface area contributed by atoms with Crippen LogP contribution in [0.4, 0.5) is 0 Å². The molecule has 6 rings (SSSR count). The van der Waals surface area contributed by atoms with Crippen LogP contribution in [0.5, 0.6) is 11.8 Å². The van der Waals surface area contributed by atoms with Gasteiger partial charge in [-0.3, -0.25) is 14.0 Å². The lowest BCUT2D eigenvalue weighted by molar-refractivity contribution is -0.147. The minimum absolute atomic E-state index is 0.00501. The molecular weight excluding hydrogens is 652 g/mol. The molecule has 2 aliphatic heterocycles. The minimum Gasteiger partial charge on any atom is -0.481 e. The number of aryl methyl sites for hydroxylation is 3. The number of fused-ring (bicyclic) bond motifs is 2. The summed E-state index contributed by atoms with van der Waals surface area (Å²) in [4.78, 5) is 28.3. The Morgan fingerprint density at radius 1 is 1.10 bits per heavy atom. The number of primary amides is 1. The molecule has 1 fully saturated rings. The highest BCUT2D eigenvalue weighted by Crippen LogP contribution is 2.44. The van der Waals surface area contributed by atoms with Gasteiger partial charge in [0.05, 0.1) is 25.2 Å². The molecule has 0 radical (unpaired) electrons. The predicted molar refractivity (Wildman–Crippen MR) is 177 cm³/mol. The summed E-state index contributed by atoms with van der Waals surface area (Å²) in [6, 6.07) is 10.3. The Labute approximate surface area is 284 Å². The van der Waals surface area contributed by atoms with Crippen LogP contribution in [0, 0.1) is 26.2 Å². The summed E-state index contributed by atoms with van der Waals surface area (Å²) in [6.45, 7) is 9.38. The first-order valence-electron chi connectivity index (χ1n) is 16.0. The molecule has 3 N–H and O–H groups in total. The number of sulfonamides is 1. The summed E-state index contributed by atoms with van der Waals surface area (Å²) in [5.74, 6) is -1.68. The molecular formula is C34H40N6O8S. The maximum absolute atomic E-state index is 14.4. The number of amides is 1. The van der Waals surface area contributed by atoms with Gasteiger partial charge in [0.25, 0.3) is 5.91 Å². The summed E-state index contributed by atoms with van der Waals surface area (Å²) in [7, 11) is -4.17. The van der Waals surface area contributed by atoms with Crippen LogP contribution in [0.3, 0.4) is 0 Å². The number of ether oxygens (including phenoxy) is 3. The van der Waals surface area contributed by atoms with E-state index < -0.39 is 45.4 Å². The minimum atomic E-state index is -4.17. The fourth-order valence-corrected chi connectivity index (χ4v) is 8.24. The molecule has 1 saturated heterocycles. The number of aromatic nitrogens is 4. The molecule has 4 aromatic rings. The summed E-state index contributed by atoms with van der Waals surface area (Å²) in [5.41, 5.74) is 7.54. The van der Waals surface area contributed by atoms with Crippen LogP contribution in [0.1, 0.15) is 66.2 Å². The number of benzene rings is 1. The van der Waals surface area contributed by atoms with Gasteiger partial charge in [-0.15, -0.1) is 10.2 Å². The highest BCUT2D eigenvalue weighted by atomic mass is 32.2. The molecule has 0 aliphatic carbocycles. The van der Waals surface area contributed by atoms with Gasteiger partial charge < -0.3 is 25.1 Å². The van der Waals surface area contributed by atoms with Crippen molar-refractivity contribution >= 4 is 27.5 Å². The Hall–Kier alpha value is -4.60. The van der Waals surface area contributed by atoms with E-state index in [1.165, 1.54) is 16.4 Å². The number of pyridine rings is 2. The third-order valence-electron chi connectivity index (χ3n) is 9.64. The molecule has 1 amide bonds. The zero-order chi connectivity index (χ0) is 35.3. The molecule has 15 heteroatoms. The fraction of sp³-hybridized carbons (Fsp3) is 0.441. The van der Waals surface area contributed by atoms with Gasteiger partial charge in [0.1, 0.15) is 16.3 Å². The number of nitrogens with two attached hydrogens (primary N) is 1. The maximum atomic E-state index is 14.4. The molecule has 0 unspecified atom stereocenters. The largest absolute Gasteiger partial charge is 0.481 e. The Kier molecular flexibility index (Phi) is 8.88. The van der Waals surface area contributed by atoms with E-state index >= 15 is 0 Å². The number of hydrogen-bond acceptors (Lipinski definition) is 10. The van der Waals surface area contributed by atoms with Crippen LogP contribution in [0.25, 0.3) is 5.65 Å². The third kappa shape index (κ3) is 6.33. The van der Waals surface area contributed by atoms with E-state index in [-0.39, 0.29) is 29.7 Å². The monoisotopic (exact) mass is 692 g/mol. The Morgan fingerprint density at radius 2 is 1.84 bits per heavy atom. The quantitative estimate of drug-likeness (QED) is 0.262. The molecule has 1 spiro atoms. The Morgan fingerprint density at radius 3 is 2.53 bits per heavy atom. The fourth-order valence-electron chi connectivity index (χ4n) is 6.70. The average Bonchev–Trinajstić information content (AvgIpc) is 3.40. The SMILES string of the molecule is Cc1ccc([C@@H](c2ccn3c(C)nnc3c2C)C(C)(C)C(=O)O)cc1CN1CC2(CCOCC2)Oc2nc(OCC(N)=O)ccc2S1(=O)=O. The first kappa shape index (κ1) is 34.3. The molecule has 0 saturated carbocycles. The van der Waals surface area contributed by atoms with Gasteiger partial charge >= 0.3 is 5.97 Å². The average molecular weight is 693 g/mol. The second-order valence-corrected chi connectivity index (χ2v) is 15.3.